The van der Waals surface area contributed by atoms with E-state index in [4.69, 9.17) is 16.3 Å². The summed E-state index contributed by atoms with van der Waals surface area (Å²) in [7, 11) is 0. The van der Waals surface area contributed by atoms with Crippen LogP contribution in [0.1, 0.15) is 11.1 Å². The first kappa shape index (κ1) is 19.6. The Morgan fingerprint density at radius 3 is 2.58 bits per heavy atom. The van der Waals surface area contributed by atoms with E-state index in [1.165, 1.54) is 6.20 Å². The molecule has 0 radical (unpaired) electrons. The summed E-state index contributed by atoms with van der Waals surface area (Å²) >= 11 is 6.56. The summed E-state index contributed by atoms with van der Waals surface area (Å²) < 4.78 is 5.42. The number of halogens is 1. The molecule has 2 aromatic carbocycles. The van der Waals surface area contributed by atoms with E-state index >= 15 is 0 Å². The smallest absolute Gasteiger partial charge is 0.260 e. The van der Waals surface area contributed by atoms with Crippen molar-refractivity contribution in [1.82, 2.24) is 4.98 Å². The molecule has 1 amide bonds. The van der Waals surface area contributed by atoms with Gasteiger partial charge in [-0.3, -0.25) is 9.78 Å². The zero-order chi connectivity index (χ0) is 21.4. The van der Waals surface area contributed by atoms with Gasteiger partial charge in [-0.25, -0.2) is 0 Å². The molecule has 1 fully saturated rings. The normalized spacial score (nSPS) is 17.3. The Hall–Kier alpha value is -3.35. The van der Waals surface area contributed by atoms with E-state index in [1.807, 2.05) is 18.2 Å². The number of morpholine rings is 1. The molecule has 0 aliphatic carbocycles. The van der Waals surface area contributed by atoms with Gasteiger partial charge in [0.1, 0.15) is 5.76 Å². The quantitative estimate of drug-likeness (QED) is 0.465. The van der Waals surface area contributed by atoms with Gasteiger partial charge < -0.3 is 20.1 Å². The summed E-state index contributed by atoms with van der Waals surface area (Å²) in [5.74, 6) is -0.479. The molecule has 3 aromatic rings. The average Bonchev–Trinajstić information content (AvgIpc) is 3.13. The highest BCUT2D eigenvalue weighted by Gasteiger charge is 2.30. The molecule has 1 saturated heterocycles. The first-order chi connectivity index (χ1) is 15.1. The van der Waals surface area contributed by atoms with Gasteiger partial charge in [-0.1, -0.05) is 23.7 Å². The minimum absolute atomic E-state index is 0.111. The molecule has 3 heterocycles. The average molecular weight is 434 g/mol. The maximum atomic E-state index is 12.6. The van der Waals surface area contributed by atoms with Crippen LogP contribution < -0.4 is 10.2 Å². The minimum atomic E-state index is -0.368. The van der Waals surface area contributed by atoms with Gasteiger partial charge in [0.2, 0.25) is 0 Å². The lowest BCUT2D eigenvalue weighted by molar-refractivity contribution is -0.110. The molecule has 2 N–H and O–H groups in total. The van der Waals surface area contributed by atoms with Gasteiger partial charge in [-0.05, 0) is 42.0 Å². The van der Waals surface area contributed by atoms with Gasteiger partial charge in [-0.2, -0.15) is 0 Å². The zero-order valence-electron chi connectivity index (χ0n) is 16.6. The number of hydrogen-bond donors (Lipinski definition) is 2. The fourth-order valence-corrected chi connectivity index (χ4v) is 4.24. The number of pyridine rings is 1. The van der Waals surface area contributed by atoms with Crippen LogP contribution in [0.4, 0.5) is 11.4 Å². The van der Waals surface area contributed by atoms with E-state index in [2.05, 4.69) is 27.3 Å². The van der Waals surface area contributed by atoms with Crippen LogP contribution in [-0.4, -0.2) is 42.3 Å². The predicted molar refractivity (Wildman–Crippen MR) is 122 cm³/mol. The van der Waals surface area contributed by atoms with Crippen LogP contribution in [0.25, 0.3) is 22.5 Å². The van der Waals surface area contributed by atoms with Crippen molar-refractivity contribution in [2.24, 2.45) is 0 Å². The van der Waals surface area contributed by atoms with Gasteiger partial charge in [0.25, 0.3) is 5.91 Å². The van der Waals surface area contributed by atoms with E-state index in [0.29, 0.717) is 21.8 Å². The highest BCUT2D eigenvalue weighted by Crippen LogP contribution is 2.42. The lowest BCUT2D eigenvalue weighted by atomic mass is 9.97. The standard InChI is InChI=1S/C24H20ClN3O3/c25-20-13-21-19(22(24(30)27-21)23(29)16-2-1-7-26-14-16)12-18(20)15-3-5-17(6-4-15)28-8-10-31-11-9-28/h1-7,12-14,29H,8-11H2,(H,27,30)/b23-22+. The van der Waals surface area contributed by atoms with Crippen molar-refractivity contribution in [1.29, 1.82) is 0 Å². The number of hydrogen-bond acceptors (Lipinski definition) is 5. The monoisotopic (exact) mass is 433 g/mol. The van der Waals surface area contributed by atoms with Gasteiger partial charge >= 0.3 is 0 Å². The molecule has 2 aliphatic rings. The maximum Gasteiger partial charge on any atom is 0.260 e. The van der Waals surface area contributed by atoms with Crippen molar-refractivity contribution in [3.63, 3.8) is 0 Å². The number of aliphatic hydroxyl groups is 1. The van der Waals surface area contributed by atoms with Crippen molar-refractivity contribution < 1.29 is 14.6 Å². The second kappa shape index (κ2) is 8.06. The molecule has 1 aromatic heterocycles. The number of ether oxygens (including phenoxy) is 1. The summed E-state index contributed by atoms with van der Waals surface area (Å²) in [4.78, 5) is 18.9. The molecule has 0 bridgehead atoms. The van der Waals surface area contributed by atoms with Crippen molar-refractivity contribution in [3.05, 3.63) is 77.1 Å². The molecular formula is C24H20ClN3O3. The minimum Gasteiger partial charge on any atom is -0.506 e. The number of fused-ring (bicyclic) bond motifs is 1. The molecule has 0 spiro atoms. The first-order valence-electron chi connectivity index (χ1n) is 10.0. The predicted octanol–water partition coefficient (Wildman–Crippen LogP) is 4.62. The number of anilines is 2. The molecule has 156 valence electrons. The van der Waals surface area contributed by atoms with Gasteiger partial charge in [0.05, 0.1) is 29.5 Å². The number of amides is 1. The van der Waals surface area contributed by atoms with E-state index < -0.39 is 0 Å². The molecular weight excluding hydrogens is 414 g/mol. The Balaban J connectivity index is 1.54. The van der Waals surface area contributed by atoms with E-state index in [-0.39, 0.29) is 17.2 Å². The lowest BCUT2D eigenvalue weighted by Crippen LogP contribution is -2.36. The number of aliphatic hydroxyl groups excluding tert-OH is 1. The molecule has 6 nitrogen and oxygen atoms in total. The van der Waals surface area contributed by atoms with Crippen LogP contribution in [-0.2, 0) is 9.53 Å². The summed E-state index contributed by atoms with van der Waals surface area (Å²) in [6.07, 6.45) is 3.14. The van der Waals surface area contributed by atoms with Gasteiger partial charge in [0, 0.05) is 47.9 Å². The number of rotatable bonds is 3. The Bertz CT molecular complexity index is 1170. The molecule has 5 rings (SSSR count). The number of carbonyl (C=O) groups is 1. The van der Waals surface area contributed by atoms with Crippen LogP contribution in [0.3, 0.4) is 0 Å². The van der Waals surface area contributed by atoms with Crippen molar-refractivity contribution in [2.75, 3.05) is 36.5 Å². The zero-order valence-corrected chi connectivity index (χ0v) is 17.4. The van der Waals surface area contributed by atoms with Crippen LogP contribution in [0.15, 0.2) is 60.9 Å². The molecule has 7 heteroatoms. The Morgan fingerprint density at radius 2 is 1.87 bits per heavy atom. The second-order valence-corrected chi connectivity index (χ2v) is 7.85. The number of nitrogens with one attached hydrogen (secondary N) is 1. The number of aromatic nitrogens is 1. The van der Waals surface area contributed by atoms with E-state index in [0.717, 1.165) is 43.1 Å². The van der Waals surface area contributed by atoms with E-state index in [9.17, 15) is 9.90 Å². The van der Waals surface area contributed by atoms with Crippen LogP contribution in [0.2, 0.25) is 5.02 Å². The van der Waals surface area contributed by atoms with Crippen molar-refractivity contribution >= 4 is 40.2 Å². The number of benzene rings is 2. The SMILES string of the molecule is O=C1Nc2cc(Cl)c(-c3ccc(N4CCOCC4)cc3)cc2/C1=C(\O)c1cccnc1. The highest BCUT2D eigenvalue weighted by atomic mass is 35.5. The first-order valence-corrected chi connectivity index (χ1v) is 10.4. The largest absolute Gasteiger partial charge is 0.506 e. The number of carbonyl (C=O) groups excluding carboxylic acids is 1. The fraction of sp³-hybridized carbons (Fsp3) is 0.167. The molecule has 2 aliphatic heterocycles. The Morgan fingerprint density at radius 1 is 1.10 bits per heavy atom. The molecule has 0 saturated carbocycles. The maximum absolute atomic E-state index is 12.6. The fourth-order valence-electron chi connectivity index (χ4n) is 3.97. The van der Waals surface area contributed by atoms with Crippen LogP contribution in [0.5, 0.6) is 0 Å². The summed E-state index contributed by atoms with van der Waals surface area (Å²) in [6.45, 7) is 3.20. The van der Waals surface area contributed by atoms with Crippen LogP contribution in [0, 0.1) is 0 Å². The lowest BCUT2D eigenvalue weighted by Gasteiger charge is -2.29. The summed E-state index contributed by atoms with van der Waals surface area (Å²) in [6, 6.07) is 15.2. The molecule has 0 unspecified atom stereocenters. The van der Waals surface area contributed by atoms with Gasteiger partial charge in [-0.15, -0.1) is 0 Å². The van der Waals surface area contributed by atoms with Crippen LogP contribution >= 0.6 is 11.6 Å². The van der Waals surface area contributed by atoms with Crippen molar-refractivity contribution in [3.8, 4) is 11.1 Å². The summed E-state index contributed by atoms with van der Waals surface area (Å²) in [5, 5.41) is 14.1. The molecule has 0 atom stereocenters. The highest BCUT2D eigenvalue weighted by molar-refractivity contribution is 6.38. The Labute approximate surface area is 184 Å². The number of nitrogens with zero attached hydrogens (tertiary/aromatic N) is 2. The van der Waals surface area contributed by atoms with E-state index in [1.54, 1.807) is 24.4 Å². The summed E-state index contributed by atoms with van der Waals surface area (Å²) in [5.41, 5.74) is 4.75. The third-order valence-electron chi connectivity index (χ3n) is 5.58. The Kier molecular flexibility index (Phi) is 5.10. The molecule has 31 heavy (non-hydrogen) atoms. The van der Waals surface area contributed by atoms with Crippen molar-refractivity contribution in [2.45, 2.75) is 0 Å². The topological polar surface area (TPSA) is 74.7 Å². The van der Waals surface area contributed by atoms with Gasteiger partial charge in [0.15, 0.2) is 0 Å². The third-order valence-corrected chi connectivity index (χ3v) is 5.89. The third kappa shape index (κ3) is 3.65. The second-order valence-electron chi connectivity index (χ2n) is 7.44.